The second-order valence-electron chi connectivity index (χ2n) is 6.88. The predicted octanol–water partition coefficient (Wildman–Crippen LogP) is 4.85. The van der Waals surface area contributed by atoms with Gasteiger partial charge in [-0.3, -0.25) is 9.89 Å². The Bertz CT molecular complexity index is 1280. The molecule has 0 fully saturated rings. The van der Waals surface area contributed by atoms with Crippen molar-refractivity contribution in [1.29, 1.82) is 0 Å². The molecule has 0 aliphatic rings. The van der Waals surface area contributed by atoms with Crippen LogP contribution in [0.4, 0.5) is 5.13 Å². The van der Waals surface area contributed by atoms with Crippen LogP contribution in [-0.4, -0.2) is 27.6 Å². The van der Waals surface area contributed by atoms with E-state index in [9.17, 15) is 4.79 Å². The SMILES string of the molecule is CCOc1ccc2nc(N=Cc3c(C)[nH]n(-c4ccc(C)c(C)c4)c3=O)sc2c1. The molecule has 1 N–H and O–H groups in total. The van der Waals surface area contributed by atoms with Crippen molar-refractivity contribution in [2.24, 2.45) is 4.99 Å². The lowest BCUT2D eigenvalue weighted by Crippen LogP contribution is -2.17. The van der Waals surface area contributed by atoms with Crippen LogP contribution in [0.15, 0.2) is 46.2 Å². The smallest absolute Gasteiger partial charge is 0.280 e. The summed E-state index contributed by atoms with van der Waals surface area (Å²) in [7, 11) is 0. The normalized spacial score (nSPS) is 11.6. The molecule has 6 nitrogen and oxygen atoms in total. The van der Waals surface area contributed by atoms with Crippen molar-refractivity contribution in [2.75, 3.05) is 6.61 Å². The summed E-state index contributed by atoms with van der Waals surface area (Å²) in [5.74, 6) is 0.817. The molecule has 0 aliphatic carbocycles. The lowest BCUT2D eigenvalue weighted by Gasteiger charge is -2.05. The third-order valence-electron chi connectivity index (χ3n) is 4.83. The van der Waals surface area contributed by atoms with E-state index in [1.54, 1.807) is 10.9 Å². The van der Waals surface area contributed by atoms with Crippen LogP contribution >= 0.6 is 11.3 Å². The molecule has 2 heterocycles. The molecule has 29 heavy (non-hydrogen) atoms. The van der Waals surface area contributed by atoms with Crippen LogP contribution in [0.25, 0.3) is 15.9 Å². The van der Waals surface area contributed by atoms with Crippen LogP contribution in [0, 0.1) is 20.8 Å². The van der Waals surface area contributed by atoms with Crippen molar-refractivity contribution < 1.29 is 4.74 Å². The molecule has 0 unspecified atom stereocenters. The summed E-state index contributed by atoms with van der Waals surface area (Å²) in [5, 5.41) is 3.74. The van der Waals surface area contributed by atoms with Gasteiger partial charge in [0.15, 0.2) is 0 Å². The maximum Gasteiger partial charge on any atom is 0.280 e. The highest BCUT2D eigenvalue weighted by Crippen LogP contribution is 2.30. The topological polar surface area (TPSA) is 72.3 Å². The number of thiazole rings is 1. The number of aryl methyl sites for hydroxylation is 3. The average Bonchev–Trinajstić information content (AvgIpc) is 3.22. The lowest BCUT2D eigenvalue weighted by atomic mass is 10.1. The number of aromatic amines is 1. The van der Waals surface area contributed by atoms with E-state index < -0.39 is 0 Å². The summed E-state index contributed by atoms with van der Waals surface area (Å²) in [6.45, 7) is 8.53. The number of H-pyrrole nitrogens is 1. The van der Waals surface area contributed by atoms with Gasteiger partial charge in [0.05, 0.1) is 28.1 Å². The standard InChI is InChI=1S/C22H22N4O2S/c1-5-28-17-8-9-19-20(11-17)29-22(24-19)23-12-18-15(4)25-26(21(18)27)16-7-6-13(2)14(3)10-16/h6-12,25H,5H2,1-4H3. The minimum atomic E-state index is -0.130. The Morgan fingerprint density at radius 3 is 2.76 bits per heavy atom. The lowest BCUT2D eigenvalue weighted by molar-refractivity contribution is 0.341. The highest BCUT2D eigenvalue weighted by molar-refractivity contribution is 7.22. The monoisotopic (exact) mass is 406 g/mol. The molecule has 0 saturated heterocycles. The van der Waals surface area contributed by atoms with Crippen molar-refractivity contribution in [3.05, 3.63) is 69.1 Å². The fourth-order valence-corrected chi connectivity index (χ4v) is 3.92. The zero-order chi connectivity index (χ0) is 20.5. The van der Waals surface area contributed by atoms with Gasteiger partial charge in [0.2, 0.25) is 5.13 Å². The van der Waals surface area contributed by atoms with Crippen LogP contribution in [0.1, 0.15) is 29.3 Å². The maximum absolute atomic E-state index is 12.9. The van der Waals surface area contributed by atoms with Gasteiger partial charge < -0.3 is 4.74 Å². The van der Waals surface area contributed by atoms with E-state index in [0.29, 0.717) is 17.3 Å². The maximum atomic E-state index is 12.9. The first kappa shape index (κ1) is 19.1. The van der Waals surface area contributed by atoms with Gasteiger partial charge in [0.1, 0.15) is 5.75 Å². The van der Waals surface area contributed by atoms with Crippen LogP contribution in [0.2, 0.25) is 0 Å². The third kappa shape index (κ3) is 3.73. The highest BCUT2D eigenvalue weighted by Gasteiger charge is 2.12. The Balaban J connectivity index is 1.66. The fraction of sp³-hybridized carbons (Fsp3) is 0.227. The number of aliphatic imine (C=N–C) groups is 1. The average molecular weight is 407 g/mol. The summed E-state index contributed by atoms with van der Waals surface area (Å²) < 4.78 is 8.09. The minimum absolute atomic E-state index is 0.130. The molecule has 0 amide bonds. The Hall–Kier alpha value is -3.19. The molecular weight excluding hydrogens is 384 g/mol. The second kappa shape index (κ2) is 7.67. The van der Waals surface area contributed by atoms with Crippen LogP contribution in [0.5, 0.6) is 5.75 Å². The first-order valence-electron chi connectivity index (χ1n) is 9.43. The van der Waals surface area contributed by atoms with Gasteiger partial charge in [-0.05, 0) is 69.2 Å². The summed E-state index contributed by atoms with van der Waals surface area (Å²) in [4.78, 5) is 21.9. The molecule has 4 rings (SSSR count). The van der Waals surface area contributed by atoms with Crippen molar-refractivity contribution in [2.45, 2.75) is 27.7 Å². The summed E-state index contributed by atoms with van der Waals surface area (Å²) in [6.07, 6.45) is 1.59. The molecule has 0 atom stereocenters. The number of benzene rings is 2. The van der Waals surface area contributed by atoms with Crippen LogP contribution < -0.4 is 10.3 Å². The van der Waals surface area contributed by atoms with Crippen molar-refractivity contribution in [1.82, 2.24) is 14.8 Å². The van der Waals surface area contributed by atoms with Gasteiger partial charge in [-0.2, -0.15) is 0 Å². The van der Waals surface area contributed by atoms with Gasteiger partial charge >= 0.3 is 0 Å². The van der Waals surface area contributed by atoms with Gasteiger partial charge in [-0.25, -0.2) is 14.7 Å². The molecule has 0 radical (unpaired) electrons. The first-order chi connectivity index (χ1) is 14.0. The first-order valence-corrected chi connectivity index (χ1v) is 10.2. The van der Waals surface area contributed by atoms with E-state index in [4.69, 9.17) is 4.74 Å². The van der Waals surface area contributed by atoms with E-state index in [1.165, 1.54) is 16.9 Å². The summed E-state index contributed by atoms with van der Waals surface area (Å²) in [5.41, 5.74) is 5.16. The molecule has 0 aliphatic heterocycles. The van der Waals surface area contributed by atoms with Gasteiger partial charge in [-0.1, -0.05) is 17.4 Å². The van der Waals surface area contributed by atoms with Gasteiger partial charge in [0.25, 0.3) is 5.56 Å². The molecular formula is C22H22N4O2S. The molecule has 4 aromatic rings. The predicted molar refractivity (Wildman–Crippen MR) is 119 cm³/mol. The summed E-state index contributed by atoms with van der Waals surface area (Å²) in [6, 6.07) is 11.7. The largest absolute Gasteiger partial charge is 0.494 e. The van der Waals surface area contributed by atoms with E-state index in [2.05, 4.69) is 22.0 Å². The number of hydrogen-bond acceptors (Lipinski definition) is 5. The zero-order valence-corrected chi connectivity index (χ0v) is 17.6. The summed E-state index contributed by atoms with van der Waals surface area (Å²) >= 11 is 1.47. The van der Waals surface area contributed by atoms with Crippen molar-refractivity contribution in [3.63, 3.8) is 0 Å². The van der Waals surface area contributed by atoms with E-state index in [1.807, 2.05) is 57.2 Å². The molecule has 0 spiro atoms. The van der Waals surface area contributed by atoms with E-state index in [0.717, 1.165) is 32.9 Å². The Labute approximate surface area is 172 Å². The number of nitrogens with one attached hydrogen (secondary N) is 1. The van der Waals surface area contributed by atoms with E-state index >= 15 is 0 Å². The number of rotatable bonds is 5. The molecule has 0 bridgehead atoms. The highest BCUT2D eigenvalue weighted by atomic mass is 32.1. The number of hydrogen-bond donors (Lipinski definition) is 1. The number of fused-ring (bicyclic) bond motifs is 1. The minimum Gasteiger partial charge on any atom is -0.494 e. The number of ether oxygens (including phenoxy) is 1. The zero-order valence-electron chi connectivity index (χ0n) is 16.8. The molecule has 0 saturated carbocycles. The van der Waals surface area contributed by atoms with Gasteiger partial charge in [0, 0.05) is 11.9 Å². The Morgan fingerprint density at radius 2 is 2.00 bits per heavy atom. The van der Waals surface area contributed by atoms with Crippen molar-refractivity contribution in [3.8, 4) is 11.4 Å². The quantitative estimate of drug-likeness (QED) is 0.482. The van der Waals surface area contributed by atoms with Crippen molar-refractivity contribution >= 4 is 32.9 Å². The van der Waals surface area contributed by atoms with Crippen LogP contribution in [0.3, 0.4) is 0 Å². The molecule has 7 heteroatoms. The third-order valence-corrected chi connectivity index (χ3v) is 5.76. The number of aromatic nitrogens is 3. The second-order valence-corrected chi connectivity index (χ2v) is 7.89. The fourth-order valence-electron chi connectivity index (χ4n) is 3.08. The number of nitrogens with zero attached hydrogens (tertiary/aromatic N) is 3. The Morgan fingerprint density at radius 1 is 1.17 bits per heavy atom. The van der Waals surface area contributed by atoms with Crippen LogP contribution in [-0.2, 0) is 0 Å². The van der Waals surface area contributed by atoms with E-state index in [-0.39, 0.29) is 5.56 Å². The molecule has 2 aromatic heterocycles. The Kier molecular flexibility index (Phi) is 5.07. The molecule has 148 valence electrons. The molecule has 2 aromatic carbocycles. The van der Waals surface area contributed by atoms with Gasteiger partial charge in [-0.15, -0.1) is 0 Å².